The molecule has 0 bridgehead atoms. The number of aromatic nitrogens is 1. The standard InChI is InChI=1S/C17H18FN3O2/c18-13-10-19-8-6-15(13)21-9-7-14(16(22)11-21)20-17(23)12-4-2-1-3-5-12/h1-6,8,10,14,16,22H,7,9,11H2,(H,20,23)/t14-,16-/m1/s1. The summed E-state index contributed by atoms with van der Waals surface area (Å²) in [4.78, 5) is 17.7. The molecule has 0 unspecified atom stereocenters. The monoisotopic (exact) mass is 315 g/mol. The number of aliphatic hydroxyl groups excluding tert-OH is 1. The molecule has 1 fully saturated rings. The van der Waals surface area contributed by atoms with Gasteiger partial charge in [0.1, 0.15) is 0 Å². The van der Waals surface area contributed by atoms with Crippen LogP contribution in [0.3, 0.4) is 0 Å². The zero-order chi connectivity index (χ0) is 16.2. The summed E-state index contributed by atoms with van der Waals surface area (Å²) in [6, 6.07) is 10.1. The average molecular weight is 315 g/mol. The summed E-state index contributed by atoms with van der Waals surface area (Å²) in [5.41, 5.74) is 0.981. The molecule has 1 aliphatic rings. The minimum atomic E-state index is -0.760. The van der Waals surface area contributed by atoms with Gasteiger partial charge in [-0.15, -0.1) is 0 Å². The first-order valence-corrected chi connectivity index (χ1v) is 7.53. The van der Waals surface area contributed by atoms with Gasteiger partial charge in [0.2, 0.25) is 0 Å². The molecule has 5 nitrogen and oxygen atoms in total. The fraction of sp³-hybridized carbons (Fsp3) is 0.294. The van der Waals surface area contributed by atoms with Crippen molar-refractivity contribution in [3.05, 3.63) is 60.2 Å². The Balaban J connectivity index is 1.63. The molecule has 120 valence electrons. The Kier molecular flexibility index (Phi) is 4.52. The van der Waals surface area contributed by atoms with Gasteiger partial charge in [-0.1, -0.05) is 18.2 Å². The number of pyridine rings is 1. The number of nitrogens with zero attached hydrogens (tertiary/aromatic N) is 2. The number of hydrogen-bond donors (Lipinski definition) is 2. The minimum absolute atomic E-state index is 0.210. The Morgan fingerprint density at radius 3 is 2.78 bits per heavy atom. The van der Waals surface area contributed by atoms with E-state index in [9.17, 15) is 14.3 Å². The maximum absolute atomic E-state index is 13.8. The van der Waals surface area contributed by atoms with Gasteiger partial charge < -0.3 is 15.3 Å². The predicted molar refractivity (Wildman–Crippen MR) is 84.7 cm³/mol. The molecular weight excluding hydrogens is 297 g/mol. The van der Waals surface area contributed by atoms with Crippen LogP contribution in [0.4, 0.5) is 10.1 Å². The number of nitrogens with one attached hydrogen (secondary N) is 1. The second-order valence-electron chi connectivity index (χ2n) is 5.58. The zero-order valence-electron chi connectivity index (χ0n) is 12.5. The van der Waals surface area contributed by atoms with E-state index in [0.29, 0.717) is 24.2 Å². The van der Waals surface area contributed by atoms with Crippen LogP contribution < -0.4 is 10.2 Å². The van der Waals surface area contributed by atoms with Crippen molar-refractivity contribution in [2.75, 3.05) is 18.0 Å². The van der Waals surface area contributed by atoms with Crippen molar-refractivity contribution in [1.29, 1.82) is 0 Å². The molecule has 1 amide bonds. The number of carbonyl (C=O) groups excluding carboxylic acids is 1. The molecule has 6 heteroatoms. The van der Waals surface area contributed by atoms with Crippen molar-refractivity contribution in [3.8, 4) is 0 Å². The second-order valence-corrected chi connectivity index (χ2v) is 5.58. The van der Waals surface area contributed by atoms with Crippen LogP contribution in [0.2, 0.25) is 0 Å². The minimum Gasteiger partial charge on any atom is -0.389 e. The number of amides is 1. The van der Waals surface area contributed by atoms with E-state index in [0.717, 1.165) is 6.20 Å². The molecule has 1 aromatic heterocycles. The van der Waals surface area contributed by atoms with Crippen LogP contribution in [0, 0.1) is 5.82 Å². The lowest BCUT2D eigenvalue weighted by atomic mass is 10.0. The van der Waals surface area contributed by atoms with Crippen LogP contribution >= 0.6 is 0 Å². The van der Waals surface area contributed by atoms with Gasteiger partial charge >= 0.3 is 0 Å². The molecule has 0 aliphatic carbocycles. The molecule has 0 saturated carbocycles. The molecule has 2 N–H and O–H groups in total. The first-order valence-electron chi connectivity index (χ1n) is 7.53. The van der Waals surface area contributed by atoms with Gasteiger partial charge in [0.25, 0.3) is 5.91 Å². The maximum Gasteiger partial charge on any atom is 0.251 e. The van der Waals surface area contributed by atoms with Crippen LogP contribution in [0.1, 0.15) is 16.8 Å². The van der Waals surface area contributed by atoms with Crippen molar-refractivity contribution < 1.29 is 14.3 Å². The third-order valence-electron chi connectivity index (χ3n) is 4.03. The second kappa shape index (κ2) is 6.75. The summed E-state index contributed by atoms with van der Waals surface area (Å²) in [5.74, 6) is -0.621. The van der Waals surface area contributed by atoms with E-state index in [1.54, 1.807) is 35.2 Å². The molecule has 3 rings (SSSR count). The number of piperidine rings is 1. The molecule has 0 radical (unpaired) electrons. The molecule has 2 atom stereocenters. The fourth-order valence-corrected chi connectivity index (χ4v) is 2.78. The highest BCUT2D eigenvalue weighted by atomic mass is 19.1. The summed E-state index contributed by atoms with van der Waals surface area (Å²) in [7, 11) is 0. The van der Waals surface area contributed by atoms with E-state index < -0.39 is 11.9 Å². The normalized spacial score (nSPS) is 21.0. The number of rotatable bonds is 3. The Morgan fingerprint density at radius 2 is 2.09 bits per heavy atom. The number of anilines is 1. The Labute approximate surface area is 133 Å². The van der Waals surface area contributed by atoms with Crippen LogP contribution in [0.25, 0.3) is 0 Å². The molecule has 2 heterocycles. The molecular formula is C17H18FN3O2. The highest BCUT2D eigenvalue weighted by molar-refractivity contribution is 5.94. The summed E-state index contributed by atoms with van der Waals surface area (Å²) >= 11 is 0. The molecule has 1 saturated heterocycles. The molecule has 23 heavy (non-hydrogen) atoms. The average Bonchev–Trinajstić information content (AvgIpc) is 2.58. The summed E-state index contributed by atoms with van der Waals surface area (Å²) in [5, 5.41) is 13.1. The summed E-state index contributed by atoms with van der Waals surface area (Å²) in [6.07, 6.45) is 2.46. The van der Waals surface area contributed by atoms with Gasteiger partial charge in [-0.3, -0.25) is 9.78 Å². The third kappa shape index (κ3) is 3.48. The Bertz CT molecular complexity index is 681. The van der Waals surface area contributed by atoms with E-state index in [-0.39, 0.29) is 18.5 Å². The maximum atomic E-state index is 13.8. The number of β-amino-alcohol motifs (C(OH)–C–C–N with tert-alkyl or cyclic N) is 1. The third-order valence-corrected chi connectivity index (χ3v) is 4.03. The first-order chi connectivity index (χ1) is 11.1. The van der Waals surface area contributed by atoms with E-state index in [2.05, 4.69) is 10.3 Å². The fourth-order valence-electron chi connectivity index (χ4n) is 2.78. The lowest BCUT2D eigenvalue weighted by Crippen LogP contribution is -2.54. The number of benzene rings is 1. The van der Waals surface area contributed by atoms with Gasteiger partial charge in [-0.2, -0.15) is 0 Å². The number of carbonyl (C=O) groups is 1. The number of halogens is 1. The van der Waals surface area contributed by atoms with Gasteiger partial charge in [-0.25, -0.2) is 4.39 Å². The molecule has 2 aromatic rings. The molecule has 0 spiro atoms. The lowest BCUT2D eigenvalue weighted by molar-refractivity contribution is 0.0797. The quantitative estimate of drug-likeness (QED) is 0.903. The van der Waals surface area contributed by atoms with Crippen molar-refractivity contribution >= 4 is 11.6 Å². The Hall–Kier alpha value is -2.47. The molecule has 1 aromatic carbocycles. The largest absolute Gasteiger partial charge is 0.389 e. The highest BCUT2D eigenvalue weighted by Gasteiger charge is 2.30. The van der Waals surface area contributed by atoms with Gasteiger partial charge in [-0.05, 0) is 24.6 Å². The lowest BCUT2D eigenvalue weighted by Gasteiger charge is -2.37. The number of aliphatic hydroxyl groups is 1. The van der Waals surface area contributed by atoms with Crippen LogP contribution in [-0.4, -0.2) is 41.2 Å². The van der Waals surface area contributed by atoms with Crippen molar-refractivity contribution in [1.82, 2.24) is 10.3 Å². The topological polar surface area (TPSA) is 65.5 Å². The van der Waals surface area contributed by atoms with Crippen molar-refractivity contribution in [3.63, 3.8) is 0 Å². The van der Waals surface area contributed by atoms with Crippen LogP contribution in [0.5, 0.6) is 0 Å². The van der Waals surface area contributed by atoms with E-state index in [1.165, 1.54) is 6.20 Å². The van der Waals surface area contributed by atoms with Gasteiger partial charge in [0, 0.05) is 24.8 Å². The van der Waals surface area contributed by atoms with Crippen LogP contribution in [0.15, 0.2) is 48.8 Å². The first kappa shape index (κ1) is 15.4. The van der Waals surface area contributed by atoms with Gasteiger partial charge in [0.15, 0.2) is 5.82 Å². The highest BCUT2D eigenvalue weighted by Crippen LogP contribution is 2.22. The Morgan fingerprint density at radius 1 is 1.30 bits per heavy atom. The van der Waals surface area contributed by atoms with E-state index >= 15 is 0 Å². The SMILES string of the molecule is O=C(N[C@@H]1CCN(c2ccncc2F)C[C@H]1O)c1ccccc1. The van der Waals surface area contributed by atoms with Crippen LogP contribution in [-0.2, 0) is 0 Å². The smallest absolute Gasteiger partial charge is 0.251 e. The van der Waals surface area contributed by atoms with Gasteiger partial charge in [0.05, 0.1) is 24.0 Å². The van der Waals surface area contributed by atoms with Crippen molar-refractivity contribution in [2.24, 2.45) is 0 Å². The number of hydrogen-bond acceptors (Lipinski definition) is 4. The summed E-state index contributed by atoms with van der Waals surface area (Å²) < 4.78 is 13.8. The summed E-state index contributed by atoms with van der Waals surface area (Å²) in [6.45, 7) is 0.818. The molecule has 1 aliphatic heterocycles. The predicted octanol–water partition coefficient (Wildman–Crippen LogP) is 1.59. The van der Waals surface area contributed by atoms with E-state index in [4.69, 9.17) is 0 Å². The zero-order valence-corrected chi connectivity index (χ0v) is 12.5. The van der Waals surface area contributed by atoms with Crippen molar-refractivity contribution in [2.45, 2.75) is 18.6 Å². The van der Waals surface area contributed by atoms with E-state index in [1.807, 2.05) is 6.07 Å².